The summed E-state index contributed by atoms with van der Waals surface area (Å²) in [5.74, 6) is 0.851. The fourth-order valence-corrected chi connectivity index (χ4v) is 1.66. The normalized spacial score (nSPS) is 18.2. The molecule has 1 aliphatic carbocycles. The summed E-state index contributed by atoms with van der Waals surface area (Å²) in [5.41, 5.74) is 0. The summed E-state index contributed by atoms with van der Waals surface area (Å²) in [6.07, 6.45) is 7.97. The summed E-state index contributed by atoms with van der Waals surface area (Å²) in [4.78, 5) is 0. The van der Waals surface area contributed by atoms with Crippen molar-refractivity contribution in [1.29, 1.82) is 0 Å². The molecule has 80 valence electrons. The molecule has 0 radical (unpaired) electrons. The summed E-state index contributed by atoms with van der Waals surface area (Å²) in [7, 11) is 0. The van der Waals surface area contributed by atoms with Gasteiger partial charge in [0.1, 0.15) is 0 Å². The number of alkyl halides is 3. The third-order valence-corrected chi connectivity index (χ3v) is 2.26. The van der Waals surface area contributed by atoms with Crippen molar-refractivity contribution in [2.24, 2.45) is 5.92 Å². The smallest absolute Gasteiger partial charge is 0.180 e. The molecule has 1 aliphatic rings. The first-order chi connectivity index (χ1) is 6.16. The van der Waals surface area contributed by atoms with Gasteiger partial charge in [0, 0.05) is 6.61 Å². The van der Waals surface area contributed by atoms with Crippen LogP contribution in [0.2, 0.25) is 0 Å². The number of aliphatic hydroxyl groups excluding tert-OH is 1. The summed E-state index contributed by atoms with van der Waals surface area (Å²) in [5, 5.41) is 8.62. The van der Waals surface area contributed by atoms with E-state index in [0.29, 0.717) is 6.61 Å². The lowest BCUT2D eigenvalue weighted by Gasteiger charge is -2.19. The van der Waals surface area contributed by atoms with Gasteiger partial charge < -0.3 is 5.11 Å². The zero-order valence-electron chi connectivity index (χ0n) is 7.69. The molecule has 13 heavy (non-hydrogen) atoms. The van der Waals surface area contributed by atoms with Crippen molar-refractivity contribution in [2.75, 3.05) is 6.61 Å². The van der Waals surface area contributed by atoms with Gasteiger partial charge in [-0.25, -0.2) is 0 Å². The Morgan fingerprint density at radius 3 is 1.92 bits per heavy atom. The van der Waals surface area contributed by atoms with Crippen molar-refractivity contribution in [3.05, 3.63) is 0 Å². The summed E-state index contributed by atoms with van der Waals surface area (Å²) >= 11 is 14.4. The average molecular weight is 248 g/mol. The van der Waals surface area contributed by atoms with Crippen LogP contribution in [-0.4, -0.2) is 16.0 Å². The van der Waals surface area contributed by atoms with Gasteiger partial charge in [-0.2, -0.15) is 0 Å². The molecular formula is C9H17Cl3O. The zero-order chi connectivity index (χ0) is 10.1. The molecule has 0 amide bonds. The SMILES string of the molecule is ClC(Cl)Cl.OCCC1CCCCC1. The highest BCUT2D eigenvalue weighted by atomic mass is 35.6. The molecule has 0 aromatic carbocycles. The van der Waals surface area contributed by atoms with E-state index in [2.05, 4.69) is 0 Å². The Balaban J connectivity index is 0.000000310. The second-order valence-electron chi connectivity index (χ2n) is 3.26. The molecule has 0 bridgehead atoms. The van der Waals surface area contributed by atoms with Crippen LogP contribution in [-0.2, 0) is 0 Å². The maximum absolute atomic E-state index is 8.62. The number of halogens is 3. The van der Waals surface area contributed by atoms with Crippen LogP contribution in [0, 0.1) is 5.92 Å². The topological polar surface area (TPSA) is 20.2 Å². The van der Waals surface area contributed by atoms with Gasteiger partial charge in [0.15, 0.2) is 4.30 Å². The van der Waals surface area contributed by atoms with Gasteiger partial charge in [-0.3, -0.25) is 0 Å². The van der Waals surface area contributed by atoms with E-state index < -0.39 is 4.30 Å². The third kappa shape index (κ3) is 10.8. The Morgan fingerprint density at radius 1 is 1.08 bits per heavy atom. The second-order valence-corrected chi connectivity index (χ2v) is 5.24. The molecule has 0 saturated heterocycles. The summed E-state index contributed by atoms with van der Waals surface area (Å²) in [6, 6.07) is 0. The van der Waals surface area contributed by atoms with E-state index in [-0.39, 0.29) is 0 Å². The van der Waals surface area contributed by atoms with Gasteiger partial charge in [-0.1, -0.05) is 66.9 Å². The quantitative estimate of drug-likeness (QED) is 0.733. The fraction of sp³-hybridized carbons (Fsp3) is 1.00. The molecule has 0 unspecified atom stereocenters. The van der Waals surface area contributed by atoms with Gasteiger partial charge in [0.2, 0.25) is 0 Å². The molecular weight excluding hydrogens is 230 g/mol. The lowest BCUT2D eigenvalue weighted by atomic mass is 9.87. The van der Waals surface area contributed by atoms with Crippen LogP contribution in [0.25, 0.3) is 0 Å². The molecule has 0 spiro atoms. The van der Waals surface area contributed by atoms with Crippen molar-refractivity contribution < 1.29 is 5.11 Å². The van der Waals surface area contributed by atoms with E-state index in [1.54, 1.807) is 0 Å². The van der Waals surface area contributed by atoms with Crippen molar-refractivity contribution in [1.82, 2.24) is 0 Å². The molecule has 0 aliphatic heterocycles. The first kappa shape index (κ1) is 13.8. The minimum Gasteiger partial charge on any atom is -0.396 e. The minimum absolute atomic E-state index is 0.394. The Morgan fingerprint density at radius 2 is 1.54 bits per heavy atom. The first-order valence-corrected chi connectivity index (χ1v) is 6.00. The van der Waals surface area contributed by atoms with Crippen LogP contribution in [0.3, 0.4) is 0 Å². The predicted octanol–water partition coefficient (Wildman–Crippen LogP) is 3.94. The maximum Gasteiger partial charge on any atom is 0.180 e. The van der Waals surface area contributed by atoms with Gasteiger partial charge in [0.25, 0.3) is 0 Å². The van der Waals surface area contributed by atoms with E-state index in [1.165, 1.54) is 32.1 Å². The van der Waals surface area contributed by atoms with Crippen molar-refractivity contribution in [2.45, 2.75) is 42.8 Å². The van der Waals surface area contributed by atoms with Crippen LogP contribution in [0.1, 0.15) is 38.5 Å². The van der Waals surface area contributed by atoms with E-state index >= 15 is 0 Å². The Kier molecular flexibility index (Phi) is 9.99. The molecule has 0 atom stereocenters. The van der Waals surface area contributed by atoms with Crippen molar-refractivity contribution in [3.63, 3.8) is 0 Å². The van der Waals surface area contributed by atoms with Crippen LogP contribution >= 0.6 is 34.8 Å². The van der Waals surface area contributed by atoms with Gasteiger partial charge >= 0.3 is 0 Å². The van der Waals surface area contributed by atoms with E-state index in [1.807, 2.05) is 0 Å². The van der Waals surface area contributed by atoms with Gasteiger partial charge in [-0.05, 0) is 12.3 Å². The van der Waals surface area contributed by atoms with E-state index in [0.717, 1.165) is 12.3 Å². The average Bonchev–Trinajstić information content (AvgIpc) is 2.06. The molecule has 4 heteroatoms. The van der Waals surface area contributed by atoms with Crippen LogP contribution < -0.4 is 0 Å². The van der Waals surface area contributed by atoms with Crippen molar-refractivity contribution >= 4 is 34.8 Å². The highest BCUT2D eigenvalue weighted by molar-refractivity contribution is 6.63. The highest BCUT2D eigenvalue weighted by Gasteiger charge is 2.11. The Bertz CT molecular complexity index is 97.5. The maximum atomic E-state index is 8.62. The van der Waals surface area contributed by atoms with Crippen molar-refractivity contribution in [3.8, 4) is 0 Å². The molecule has 1 saturated carbocycles. The first-order valence-electron chi connectivity index (χ1n) is 4.70. The monoisotopic (exact) mass is 246 g/mol. The lowest BCUT2D eigenvalue weighted by molar-refractivity contribution is 0.230. The highest BCUT2D eigenvalue weighted by Crippen LogP contribution is 2.25. The van der Waals surface area contributed by atoms with E-state index in [9.17, 15) is 0 Å². The minimum atomic E-state index is -0.750. The molecule has 1 fully saturated rings. The molecule has 1 nitrogen and oxygen atoms in total. The van der Waals surface area contributed by atoms with Crippen LogP contribution in [0.5, 0.6) is 0 Å². The molecule has 0 aromatic rings. The molecule has 1 N–H and O–H groups in total. The lowest BCUT2D eigenvalue weighted by Crippen LogP contribution is -2.07. The fourth-order valence-electron chi connectivity index (χ4n) is 1.66. The third-order valence-electron chi connectivity index (χ3n) is 2.26. The standard InChI is InChI=1S/C8H16O.CHCl3/c9-7-6-8-4-2-1-3-5-8;2-1(3)4/h8-9H,1-7H2;1H. The number of hydrogen-bond acceptors (Lipinski definition) is 1. The van der Waals surface area contributed by atoms with Gasteiger partial charge in [-0.15, -0.1) is 0 Å². The number of hydrogen-bond donors (Lipinski definition) is 1. The van der Waals surface area contributed by atoms with Crippen LogP contribution in [0.4, 0.5) is 0 Å². The second kappa shape index (κ2) is 9.39. The Hall–Kier alpha value is 0.830. The van der Waals surface area contributed by atoms with Crippen LogP contribution in [0.15, 0.2) is 0 Å². The number of aliphatic hydroxyl groups is 1. The van der Waals surface area contributed by atoms with Gasteiger partial charge in [0.05, 0.1) is 0 Å². The Labute approximate surface area is 95.4 Å². The van der Waals surface area contributed by atoms with E-state index in [4.69, 9.17) is 39.9 Å². The predicted molar refractivity (Wildman–Crippen MR) is 59.6 cm³/mol. The molecule has 0 aromatic heterocycles. The zero-order valence-corrected chi connectivity index (χ0v) is 9.95. The summed E-state index contributed by atoms with van der Waals surface area (Å²) < 4.78 is -0.750. The molecule has 1 rings (SSSR count). The largest absolute Gasteiger partial charge is 0.396 e. The summed E-state index contributed by atoms with van der Waals surface area (Å²) in [6.45, 7) is 0.394. The number of rotatable bonds is 2. The molecule has 0 heterocycles.